The first-order valence-corrected chi connectivity index (χ1v) is 4.58. The van der Waals surface area contributed by atoms with Crippen LogP contribution in [0.3, 0.4) is 0 Å². The Kier molecular flexibility index (Phi) is 1.56. The van der Waals surface area contributed by atoms with Gasteiger partial charge in [-0.1, -0.05) is 18.2 Å². The second kappa shape index (κ2) is 2.88. The van der Waals surface area contributed by atoms with Gasteiger partial charge in [0.25, 0.3) is 5.56 Å². The fourth-order valence-electron chi connectivity index (χ4n) is 1.69. The van der Waals surface area contributed by atoms with Gasteiger partial charge in [0, 0.05) is 23.2 Å². The highest BCUT2D eigenvalue weighted by molar-refractivity contribution is 6.01. The minimum atomic E-state index is -0.126. The summed E-state index contributed by atoms with van der Waals surface area (Å²) in [6, 6.07) is 7.37. The molecule has 2 heterocycles. The molecule has 1 aromatic carbocycles. The van der Waals surface area contributed by atoms with Crippen molar-refractivity contribution in [3.05, 3.63) is 47.0 Å². The monoisotopic (exact) mass is 197 g/mol. The van der Waals surface area contributed by atoms with Gasteiger partial charge in [-0.05, 0) is 6.07 Å². The zero-order valence-electron chi connectivity index (χ0n) is 7.77. The molecule has 0 spiro atoms. The van der Waals surface area contributed by atoms with Crippen molar-refractivity contribution in [1.29, 1.82) is 0 Å². The number of rotatable bonds is 0. The predicted octanol–water partition coefficient (Wildman–Crippen LogP) is 1.47. The Labute approximate surface area is 84.6 Å². The van der Waals surface area contributed by atoms with Crippen molar-refractivity contribution in [2.24, 2.45) is 0 Å². The number of nitrogens with one attached hydrogen (secondary N) is 1. The number of benzene rings is 1. The van der Waals surface area contributed by atoms with E-state index in [0.29, 0.717) is 11.0 Å². The van der Waals surface area contributed by atoms with Gasteiger partial charge in [0.05, 0.1) is 0 Å². The minimum Gasteiger partial charge on any atom is -0.305 e. The summed E-state index contributed by atoms with van der Waals surface area (Å²) >= 11 is 0. The van der Waals surface area contributed by atoms with Crippen LogP contribution in [0.4, 0.5) is 0 Å². The van der Waals surface area contributed by atoms with Crippen LogP contribution in [0.25, 0.3) is 21.9 Å². The van der Waals surface area contributed by atoms with Crippen molar-refractivity contribution in [3.63, 3.8) is 0 Å². The van der Waals surface area contributed by atoms with E-state index in [1.807, 2.05) is 18.2 Å². The summed E-state index contributed by atoms with van der Waals surface area (Å²) in [7, 11) is 0. The molecule has 4 nitrogen and oxygen atoms in total. The molecule has 0 unspecified atom stereocenters. The Morgan fingerprint density at radius 2 is 1.73 bits per heavy atom. The fraction of sp³-hybridized carbons (Fsp3) is 0. The number of aromatic nitrogens is 3. The molecule has 3 rings (SSSR count). The lowest BCUT2D eigenvalue weighted by molar-refractivity contribution is 1.21. The summed E-state index contributed by atoms with van der Waals surface area (Å²) in [5, 5.41) is 1.48. The highest BCUT2D eigenvalue weighted by Gasteiger charge is 2.04. The highest BCUT2D eigenvalue weighted by atomic mass is 16.1. The van der Waals surface area contributed by atoms with Crippen molar-refractivity contribution in [1.82, 2.24) is 15.0 Å². The van der Waals surface area contributed by atoms with Gasteiger partial charge in [0.2, 0.25) is 0 Å². The van der Waals surface area contributed by atoms with Crippen LogP contribution in [-0.4, -0.2) is 15.0 Å². The molecule has 3 aromatic rings. The number of nitrogens with zero attached hydrogens (tertiary/aromatic N) is 2. The molecule has 4 heteroatoms. The predicted molar refractivity (Wildman–Crippen MR) is 57.7 cm³/mol. The summed E-state index contributed by atoms with van der Waals surface area (Å²) < 4.78 is 0. The van der Waals surface area contributed by atoms with Crippen LogP contribution in [0.5, 0.6) is 0 Å². The number of aromatic amines is 1. The zero-order chi connectivity index (χ0) is 10.3. The molecule has 0 aliphatic rings. The second-order valence-electron chi connectivity index (χ2n) is 3.25. The minimum absolute atomic E-state index is 0.126. The SMILES string of the molecule is O=c1[nH]c2nccnc2c2ccccc12. The van der Waals surface area contributed by atoms with E-state index < -0.39 is 0 Å². The van der Waals surface area contributed by atoms with Crippen LogP contribution in [0, 0.1) is 0 Å². The number of fused-ring (bicyclic) bond motifs is 3. The summed E-state index contributed by atoms with van der Waals surface area (Å²) in [5.74, 6) is 0. The molecule has 0 amide bonds. The summed E-state index contributed by atoms with van der Waals surface area (Å²) in [4.78, 5) is 22.7. The van der Waals surface area contributed by atoms with Gasteiger partial charge in [0.1, 0.15) is 5.52 Å². The lowest BCUT2D eigenvalue weighted by Crippen LogP contribution is -2.07. The first kappa shape index (κ1) is 8.11. The molecule has 2 aromatic heterocycles. The van der Waals surface area contributed by atoms with Crippen molar-refractivity contribution in [3.8, 4) is 0 Å². The summed E-state index contributed by atoms with van der Waals surface area (Å²) in [5.41, 5.74) is 1.13. The molecule has 72 valence electrons. The molecule has 0 saturated heterocycles. The van der Waals surface area contributed by atoms with E-state index in [1.165, 1.54) is 0 Å². The van der Waals surface area contributed by atoms with E-state index in [2.05, 4.69) is 15.0 Å². The molecular formula is C11H7N3O. The Balaban J connectivity index is 2.70. The average molecular weight is 197 g/mol. The van der Waals surface area contributed by atoms with Crippen LogP contribution in [0.15, 0.2) is 41.5 Å². The lowest BCUT2D eigenvalue weighted by Gasteiger charge is -2.00. The first-order valence-electron chi connectivity index (χ1n) is 4.58. The summed E-state index contributed by atoms with van der Waals surface area (Å²) in [6.45, 7) is 0. The molecule has 15 heavy (non-hydrogen) atoms. The maximum Gasteiger partial charge on any atom is 0.257 e. The van der Waals surface area contributed by atoms with Gasteiger partial charge >= 0.3 is 0 Å². The third-order valence-corrected chi connectivity index (χ3v) is 2.36. The van der Waals surface area contributed by atoms with Gasteiger partial charge in [-0.15, -0.1) is 0 Å². The van der Waals surface area contributed by atoms with Crippen molar-refractivity contribution in [2.75, 3.05) is 0 Å². The molecular weight excluding hydrogens is 190 g/mol. The number of H-pyrrole nitrogens is 1. The quantitative estimate of drug-likeness (QED) is 0.555. The van der Waals surface area contributed by atoms with Crippen molar-refractivity contribution < 1.29 is 0 Å². The van der Waals surface area contributed by atoms with E-state index >= 15 is 0 Å². The maximum absolute atomic E-state index is 11.7. The van der Waals surface area contributed by atoms with Crippen LogP contribution < -0.4 is 5.56 Å². The topological polar surface area (TPSA) is 58.6 Å². The molecule has 0 fully saturated rings. The Hall–Kier alpha value is -2.23. The Bertz CT molecular complexity index is 703. The molecule has 0 aliphatic carbocycles. The Morgan fingerprint density at radius 1 is 1.00 bits per heavy atom. The van der Waals surface area contributed by atoms with Crippen LogP contribution in [0.2, 0.25) is 0 Å². The van der Waals surface area contributed by atoms with Gasteiger partial charge in [0.15, 0.2) is 5.65 Å². The fourth-order valence-corrected chi connectivity index (χ4v) is 1.69. The zero-order valence-corrected chi connectivity index (χ0v) is 7.77. The molecule has 1 N–H and O–H groups in total. The largest absolute Gasteiger partial charge is 0.305 e. The normalized spacial score (nSPS) is 10.9. The van der Waals surface area contributed by atoms with Gasteiger partial charge in [-0.2, -0.15) is 0 Å². The van der Waals surface area contributed by atoms with Gasteiger partial charge in [-0.3, -0.25) is 9.78 Å². The molecule has 0 aliphatic heterocycles. The van der Waals surface area contributed by atoms with Crippen LogP contribution in [0.1, 0.15) is 0 Å². The third kappa shape index (κ3) is 1.11. The number of pyridine rings is 1. The van der Waals surface area contributed by atoms with E-state index in [0.717, 1.165) is 10.9 Å². The summed E-state index contributed by atoms with van der Waals surface area (Å²) in [6.07, 6.45) is 3.18. The van der Waals surface area contributed by atoms with Crippen molar-refractivity contribution in [2.45, 2.75) is 0 Å². The van der Waals surface area contributed by atoms with Crippen LogP contribution in [-0.2, 0) is 0 Å². The van der Waals surface area contributed by atoms with E-state index in [-0.39, 0.29) is 5.56 Å². The number of hydrogen-bond acceptors (Lipinski definition) is 3. The Morgan fingerprint density at radius 3 is 2.60 bits per heavy atom. The van der Waals surface area contributed by atoms with E-state index in [4.69, 9.17) is 0 Å². The molecule has 0 bridgehead atoms. The van der Waals surface area contributed by atoms with Gasteiger partial charge in [-0.25, -0.2) is 4.98 Å². The first-order chi connectivity index (χ1) is 7.36. The third-order valence-electron chi connectivity index (χ3n) is 2.36. The highest BCUT2D eigenvalue weighted by Crippen LogP contribution is 2.16. The number of hydrogen-bond donors (Lipinski definition) is 1. The molecule has 0 saturated carbocycles. The second-order valence-corrected chi connectivity index (χ2v) is 3.25. The van der Waals surface area contributed by atoms with E-state index in [9.17, 15) is 4.79 Å². The standard InChI is InChI=1S/C11H7N3O/c15-11-8-4-2-1-3-7(8)9-10(14-11)13-6-5-12-9/h1-6H,(H,13,14,15). The van der Waals surface area contributed by atoms with Gasteiger partial charge < -0.3 is 4.98 Å². The van der Waals surface area contributed by atoms with Crippen molar-refractivity contribution >= 4 is 21.9 Å². The molecule has 0 atom stereocenters. The smallest absolute Gasteiger partial charge is 0.257 e. The lowest BCUT2D eigenvalue weighted by atomic mass is 10.1. The molecule has 0 radical (unpaired) electrons. The average Bonchev–Trinajstić information content (AvgIpc) is 2.30. The van der Waals surface area contributed by atoms with E-state index in [1.54, 1.807) is 18.5 Å². The maximum atomic E-state index is 11.7. The van der Waals surface area contributed by atoms with Crippen LogP contribution >= 0.6 is 0 Å².